The summed E-state index contributed by atoms with van der Waals surface area (Å²) in [6, 6.07) is 7.16. The van der Waals surface area contributed by atoms with Crippen LogP contribution in [0.4, 0.5) is 0 Å². The second kappa shape index (κ2) is 5.69. The minimum absolute atomic E-state index is 0.0996. The van der Waals surface area contributed by atoms with Crippen molar-refractivity contribution >= 4 is 62.9 Å². The van der Waals surface area contributed by atoms with Crippen molar-refractivity contribution in [2.45, 2.75) is 6.42 Å². The van der Waals surface area contributed by atoms with E-state index in [4.69, 9.17) is 23.2 Å². The van der Waals surface area contributed by atoms with E-state index in [9.17, 15) is 4.79 Å². The van der Waals surface area contributed by atoms with Gasteiger partial charge < -0.3 is 0 Å². The molecule has 0 spiro atoms. The third-order valence-electron chi connectivity index (χ3n) is 2.24. The van der Waals surface area contributed by atoms with Crippen molar-refractivity contribution in [2.24, 2.45) is 0 Å². The normalized spacial score (nSPS) is 10.5. The van der Waals surface area contributed by atoms with Gasteiger partial charge in [-0.25, -0.2) is 0 Å². The van der Waals surface area contributed by atoms with Crippen LogP contribution < -0.4 is 0 Å². The van der Waals surface area contributed by atoms with Gasteiger partial charge in [-0.05, 0) is 46.4 Å². The lowest BCUT2D eigenvalue weighted by molar-refractivity contribution is 0.0993. The molecule has 0 atom stereocenters. The number of Topliss-reactive ketones (excluding diaryl/α,β-unsaturated/α-hetero) is 1. The van der Waals surface area contributed by atoms with E-state index in [1.165, 1.54) is 0 Å². The summed E-state index contributed by atoms with van der Waals surface area (Å²) in [4.78, 5) is 12.0. The van der Waals surface area contributed by atoms with Gasteiger partial charge in [-0.3, -0.25) is 4.79 Å². The van der Waals surface area contributed by atoms with Gasteiger partial charge in [0, 0.05) is 17.4 Å². The molecule has 0 fully saturated rings. The highest BCUT2D eigenvalue weighted by Gasteiger charge is 2.10. The Morgan fingerprint density at radius 1 is 1.24 bits per heavy atom. The molecule has 5 heteroatoms. The maximum Gasteiger partial charge on any atom is 0.168 e. The Hall–Kier alpha value is -0.100. The minimum Gasteiger partial charge on any atom is -0.294 e. The van der Waals surface area contributed by atoms with Crippen LogP contribution in [0.1, 0.15) is 15.9 Å². The van der Waals surface area contributed by atoms with Crippen molar-refractivity contribution in [3.63, 3.8) is 0 Å². The molecule has 1 heterocycles. The van der Waals surface area contributed by atoms with Crippen LogP contribution in [0.2, 0.25) is 10.0 Å². The number of halogens is 3. The summed E-state index contributed by atoms with van der Waals surface area (Å²) in [6.45, 7) is 0. The molecule has 0 aliphatic carbocycles. The van der Waals surface area contributed by atoms with E-state index in [2.05, 4.69) is 22.6 Å². The Morgan fingerprint density at radius 2 is 2.00 bits per heavy atom. The molecule has 0 saturated carbocycles. The molecule has 2 rings (SSSR count). The lowest BCUT2D eigenvalue weighted by Gasteiger charge is -2.01. The molecule has 17 heavy (non-hydrogen) atoms. The van der Waals surface area contributed by atoms with Crippen LogP contribution in [0.25, 0.3) is 0 Å². The maximum absolute atomic E-state index is 12.0. The summed E-state index contributed by atoms with van der Waals surface area (Å²) in [5, 5.41) is 2.87. The van der Waals surface area contributed by atoms with Crippen LogP contribution in [0.3, 0.4) is 0 Å². The fourth-order valence-corrected chi connectivity index (χ4v) is 3.06. The van der Waals surface area contributed by atoms with Gasteiger partial charge in [-0.1, -0.05) is 29.3 Å². The summed E-state index contributed by atoms with van der Waals surface area (Å²) in [6.07, 6.45) is 0.351. The third kappa shape index (κ3) is 3.44. The lowest BCUT2D eigenvalue weighted by atomic mass is 10.1. The van der Waals surface area contributed by atoms with Crippen LogP contribution >= 0.6 is 57.1 Å². The average molecular weight is 397 g/mol. The molecule has 0 unspecified atom stereocenters. The van der Waals surface area contributed by atoms with E-state index in [-0.39, 0.29) is 5.78 Å². The number of carbonyl (C=O) groups excluding carboxylic acids is 1. The van der Waals surface area contributed by atoms with Crippen molar-refractivity contribution in [1.29, 1.82) is 0 Å². The smallest absolute Gasteiger partial charge is 0.168 e. The van der Waals surface area contributed by atoms with Crippen molar-refractivity contribution in [3.8, 4) is 0 Å². The molecule has 0 saturated heterocycles. The number of rotatable bonds is 3. The number of ketones is 1. The largest absolute Gasteiger partial charge is 0.294 e. The average Bonchev–Trinajstić information content (AvgIpc) is 2.70. The van der Waals surface area contributed by atoms with Gasteiger partial charge in [0.2, 0.25) is 0 Å². The molecule has 0 bridgehead atoms. The highest BCUT2D eigenvalue weighted by atomic mass is 127. The third-order valence-corrected chi connectivity index (χ3v) is 4.77. The monoisotopic (exact) mass is 396 g/mol. The van der Waals surface area contributed by atoms with Crippen LogP contribution in [-0.4, -0.2) is 5.78 Å². The first-order valence-corrected chi connectivity index (χ1v) is 7.49. The fourth-order valence-electron chi connectivity index (χ4n) is 1.39. The zero-order chi connectivity index (χ0) is 12.4. The highest BCUT2D eigenvalue weighted by molar-refractivity contribution is 14.1. The Bertz CT molecular complexity index is 565. The van der Waals surface area contributed by atoms with Gasteiger partial charge in [0.15, 0.2) is 5.78 Å². The first-order chi connectivity index (χ1) is 8.06. The molecule has 1 nitrogen and oxygen atoms in total. The predicted molar refractivity (Wildman–Crippen MR) is 81.5 cm³/mol. The van der Waals surface area contributed by atoms with Gasteiger partial charge in [-0.2, -0.15) is 0 Å². The number of carbonyl (C=O) groups is 1. The SMILES string of the molecule is O=C(Cc1ccc(Cl)c(Cl)c1)c1csc(I)c1. The molecule has 88 valence electrons. The van der Waals surface area contributed by atoms with Gasteiger partial charge in [-0.15, -0.1) is 11.3 Å². The summed E-state index contributed by atoms with van der Waals surface area (Å²) in [5.74, 6) is 0.0996. The van der Waals surface area contributed by atoms with Gasteiger partial charge in [0.1, 0.15) is 0 Å². The Kier molecular flexibility index (Phi) is 4.47. The Balaban J connectivity index is 2.15. The zero-order valence-corrected chi connectivity index (χ0v) is 13.0. The van der Waals surface area contributed by atoms with E-state index in [0.717, 1.165) is 14.0 Å². The number of thiophene rings is 1. The van der Waals surface area contributed by atoms with Gasteiger partial charge in [0.05, 0.1) is 12.9 Å². The number of hydrogen-bond donors (Lipinski definition) is 0. The van der Waals surface area contributed by atoms with Gasteiger partial charge in [0.25, 0.3) is 0 Å². The molecule has 0 N–H and O–H groups in total. The highest BCUT2D eigenvalue weighted by Crippen LogP contribution is 2.24. The molecular formula is C12H7Cl2IOS. The molecule has 1 aromatic heterocycles. The minimum atomic E-state index is 0.0996. The summed E-state index contributed by atoms with van der Waals surface area (Å²) >= 11 is 15.5. The van der Waals surface area contributed by atoms with Crippen LogP contribution in [0.5, 0.6) is 0 Å². The topological polar surface area (TPSA) is 17.1 Å². The molecular weight excluding hydrogens is 390 g/mol. The standard InChI is InChI=1S/C12H7Cl2IOS/c13-9-2-1-7(3-10(9)14)4-11(16)8-5-12(15)17-6-8/h1-3,5-6H,4H2. The molecule has 1 aromatic carbocycles. The quantitative estimate of drug-likeness (QED) is 0.522. The summed E-state index contributed by atoms with van der Waals surface area (Å²) in [5.41, 5.74) is 1.64. The van der Waals surface area contributed by atoms with Gasteiger partial charge >= 0.3 is 0 Å². The van der Waals surface area contributed by atoms with Crippen molar-refractivity contribution in [1.82, 2.24) is 0 Å². The Morgan fingerprint density at radius 3 is 2.59 bits per heavy atom. The maximum atomic E-state index is 12.0. The van der Waals surface area contributed by atoms with E-state index in [1.807, 2.05) is 17.5 Å². The fraction of sp³-hybridized carbons (Fsp3) is 0.0833. The van der Waals surface area contributed by atoms with Crippen molar-refractivity contribution < 1.29 is 4.79 Å². The second-order valence-corrected chi connectivity index (χ2v) is 7.11. The molecule has 0 aliphatic rings. The predicted octanol–water partition coefficient (Wildman–Crippen LogP) is 5.08. The van der Waals surface area contributed by atoms with Crippen LogP contribution in [0.15, 0.2) is 29.6 Å². The Labute approximate surface area is 127 Å². The molecule has 0 radical (unpaired) electrons. The van der Waals surface area contributed by atoms with E-state index >= 15 is 0 Å². The van der Waals surface area contributed by atoms with Crippen molar-refractivity contribution in [3.05, 3.63) is 53.7 Å². The lowest BCUT2D eigenvalue weighted by Crippen LogP contribution is -2.01. The molecule has 2 aromatic rings. The zero-order valence-electron chi connectivity index (χ0n) is 8.54. The van der Waals surface area contributed by atoms with E-state index in [1.54, 1.807) is 23.5 Å². The summed E-state index contributed by atoms with van der Waals surface area (Å²) in [7, 11) is 0. The molecule has 0 amide bonds. The van der Waals surface area contributed by atoms with E-state index < -0.39 is 0 Å². The number of hydrogen-bond acceptors (Lipinski definition) is 2. The first-order valence-electron chi connectivity index (χ1n) is 4.77. The van der Waals surface area contributed by atoms with Crippen LogP contribution in [-0.2, 0) is 6.42 Å². The van der Waals surface area contributed by atoms with Crippen LogP contribution in [0, 0.1) is 2.88 Å². The van der Waals surface area contributed by atoms with E-state index in [0.29, 0.717) is 16.5 Å². The second-order valence-electron chi connectivity index (χ2n) is 3.49. The summed E-state index contributed by atoms with van der Waals surface area (Å²) < 4.78 is 1.11. The number of benzene rings is 1. The van der Waals surface area contributed by atoms with Crippen molar-refractivity contribution in [2.75, 3.05) is 0 Å². The molecule has 0 aliphatic heterocycles. The first kappa shape index (κ1) is 13.3.